The number of nitrogens with two attached hydrogens (primary N) is 1. The molecule has 1 aliphatic rings. The molecule has 1 fully saturated rings. The molecule has 18 heavy (non-hydrogen) atoms. The highest BCUT2D eigenvalue weighted by atomic mass is 35.5. The van der Waals surface area contributed by atoms with Gasteiger partial charge in [0.1, 0.15) is 5.82 Å². The second kappa shape index (κ2) is 5.67. The first-order valence-corrected chi connectivity index (χ1v) is 6.47. The van der Waals surface area contributed by atoms with Crippen molar-refractivity contribution >= 4 is 17.5 Å². The van der Waals surface area contributed by atoms with Crippen LogP contribution >= 0.6 is 11.6 Å². The Kier molecular flexibility index (Phi) is 4.19. The summed E-state index contributed by atoms with van der Waals surface area (Å²) < 4.78 is 13.7. The molecule has 0 spiro atoms. The Morgan fingerprint density at radius 3 is 3.00 bits per heavy atom. The lowest BCUT2D eigenvalue weighted by Gasteiger charge is -2.35. The van der Waals surface area contributed by atoms with Gasteiger partial charge in [-0.3, -0.25) is 4.79 Å². The van der Waals surface area contributed by atoms with E-state index in [0.29, 0.717) is 18.1 Å². The number of benzene rings is 1. The van der Waals surface area contributed by atoms with Crippen LogP contribution in [0.1, 0.15) is 29.6 Å². The fourth-order valence-corrected chi connectivity index (χ4v) is 2.50. The molecule has 0 saturated carbocycles. The predicted molar refractivity (Wildman–Crippen MR) is 69.1 cm³/mol. The van der Waals surface area contributed by atoms with Crippen molar-refractivity contribution in [3.63, 3.8) is 0 Å². The van der Waals surface area contributed by atoms with Crippen LogP contribution in [0.4, 0.5) is 4.39 Å². The Balaban J connectivity index is 2.26. The molecule has 0 aliphatic carbocycles. The Hall–Kier alpha value is -1.13. The lowest BCUT2D eigenvalue weighted by atomic mass is 10.0. The molecule has 1 aliphatic heterocycles. The SMILES string of the molecule is NC[C@H]1CCCCN1C(=O)c1cc(Cl)ccc1F. The molecule has 5 heteroatoms. The second-order valence-electron chi connectivity index (χ2n) is 4.51. The first kappa shape index (κ1) is 13.3. The maximum atomic E-state index is 13.7. The average molecular weight is 271 g/mol. The minimum Gasteiger partial charge on any atom is -0.334 e. The number of piperidine rings is 1. The summed E-state index contributed by atoms with van der Waals surface area (Å²) in [6.07, 6.45) is 2.87. The molecular formula is C13H16ClFN2O. The number of hydrogen-bond donors (Lipinski definition) is 1. The topological polar surface area (TPSA) is 46.3 Å². The highest BCUT2D eigenvalue weighted by Gasteiger charge is 2.28. The van der Waals surface area contributed by atoms with Crippen molar-refractivity contribution in [3.05, 3.63) is 34.6 Å². The lowest BCUT2D eigenvalue weighted by molar-refractivity contribution is 0.0618. The molecule has 1 aromatic carbocycles. The normalized spacial score (nSPS) is 19.9. The smallest absolute Gasteiger partial charge is 0.257 e. The van der Waals surface area contributed by atoms with E-state index in [4.69, 9.17) is 17.3 Å². The zero-order chi connectivity index (χ0) is 13.1. The van der Waals surface area contributed by atoms with Gasteiger partial charge in [-0.05, 0) is 37.5 Å². The molecule has 98 valence electrons. The number of likely N-dealkylation sites (tertiary alicyclic amines) is 1. The first-order chi connectivity index (χ1) is 8.63. The van der Waals surface area contributed by atoms with Gasteiger partial charge in [0.15, 0.2) is 0 Å². The quantitative estimate of drug-likeness (QED) is 0.897. The van der Waals surface area contributed by atoms with Gasteiger partial charge >= 0.3 is 0 Å². The zero-order valence-electron chi connectivity index (χ0n) is 10.0. The van der Waals surface area contributed by atoms with Crippen molar-refractivity contribution in [2.45, 2.75) is 25.3 Å². The Morgan fingerprint density at radius 2 is 2.28 bits per heavy atom. The monoisotopic (exact) mass is 270 g/mol. The molecule has 2 N–H and O–H groups in total. The largest absolute Gasteiger partial charge is 0.334 e. The van der Waals surface area contributed by atoms with Crippen molar-refractivity contribution in [1.82, 2.24) is 4.90 Å². The molecule has 1 amide bonds. The van der Waals surface area contributed by atoms with Crippen LogP contribution in [0.5, 0.6) is 0 Å². The maximum Gasteiger partial charge on any atom is 0.257 e. The molecule has 0 bridgehead atoms. The number of nitrogens with zero attached hydrogens (tertiary/aromatic N) is 1. The van der Waals surface area contributed by atoms with Crippen molar-refractivity contribution in [2.24, 2.45) is 5.73 Å². The lowest BCUT2D eigenvalue weighted by Crippen LogP contribution is -2.47. The van der Waals surface area contributed by atoms with Gasteiger partial charge in [-0.25, -0.2) is 4.39 Å². The highest BCUT2D eigenvalue weighted by molar-refractivity contribution is 6.31. The summed E-state index contributed by atoms with van der Waals surface area (Å²) in [4.78, 5) is 14.0. The summed E-state index contributed by atoms with van der Waals surface area (Å²) in [6.45, 7) is 1.04. The molecule has 1 saturated heterocycles. The summed E-state index contributed by atoms with van der Waals surface area (Å²) in [5, 5.41) is 0.362. The van der Waals surface area contributed by atoms with Crippen LogP contribution in [0.25, 0.3) is 0 Å². The minimum absolute atomic E-state index is 0.00429. The van der Waals surface area contributed by atoms with Crippen molar-refractivity contribution in [3.8, 4) is 0 Å². The van der Waals surface area contributed by atoms with E-state index in [1.165, 1.54) is 18.2 Å². The van der Waals surface area contributed by atoms with Gasteiger partial charge < -0.3 is 10.6 Å². The third-order valence-corrected chi connectivity index (χ3v) is 3.55. The van der Waals surface area contributed by atoms with Gasteiger partial charge in [0.05, 0.1) is 5.56 Å². The first-order valence-electron chi connectivity index (χ1n) is 6.09. The maximum absolute atomic E-state index is 13.7. The van der Waals surface area contributed by atoms with Crippen molar-refractivity contribution < 1.29 is 9.18 Å². The van der Waals surface area contributed by atoms with Gasteiger partial charge in [0.2, 0.25) is 0 Å². The number of rotatable bonds is 2. The third kappa shape index (κ3) is 2.65. The molecule has 2 rings (SSSR count). The summed E-state index contributed by atoms with van der Waals surface area (Å²) in [5.74, 6) is -0.851. The number of halogens is 2. The van der Waals surface area contributed by atoms with E-state index in [9.17, 15) is 9.18 Å². The molecule has 3 nitrogen and oxygen atoms in total. The van der Waals surface area contributed by atoms with Gasteiger partial charge in [-0.15, -0.1) is 0 Å². The Morgan fingerprint density at radius 1 is 1.50 bits per heavy atom. The highest BCUT2D eigenvalue weighted by Crippen LogP contribution is 2.22. The molecule has 1 heterocycles. The zero-order valence-corrected chi connectivity index (χ0v) is 10.8. The van der Waals surface area contributed by atoms with Gasteiger partial charge in [0, 0.05) is 24.2 Å². The van der Waals surface area contributed by atoms with E-state index in [2.05, 4.69) is 0 Å². The van der Waals surface area contributed by atoms with Crippen LogP contribution in [0.3, 0.4) is 0 Å². The molecule has 1 aromatic rings. The van der Waals surface area contributed by atoms with E-state index in [-0.39, 0.29) is 17.5 Å². The minimum atomic E-state index is -0.536. The van der Waals surface area contributed by atoms with Crippen LogP contribution in [-0.2, 0) is 0 Å². The number of carbonyl (C=O) groups excluding carboxylic acids is 1. The van der Waals surface area contributed by atoms with Crippen LogP contribution in [0.2, 0.25) is 5.02 Å². The molecular weight excluding hydrogens is 255 g/mol. The summed E-state index contributed by atoms with van der Waals surface area (Å²) in [7, 11) is 0. The third-order valence-electron chi connectivity index (χ3n) is 3.32. The van der Waals surface area contributed by atoms with Crippen molar-refractivity contribution in [1.29, 1.82) is 0 Å². The predicted octanol–water partition coefficient (Wildman–Crippen LogP) is 2.43. The van der Waals surface area contributed by atoms with E-state index >= 15 is 0 Å². The van der Waals surface area contributed by atoms with Crippen LogP contribution < -0.4 is 5.73 Å². The van der Waals surface area contributed by atoms with Crippen LogP contribution in [0.15, 0.2) is 18.2 Å². The molecule has 0 unspecified atom stereocenters. The van der Waals surface area contributed by atoms with Gasteiger partial charge in [-0.1, -0.05) is 11.6 Å². The fraction of sp³-hybridized carbons (Fsp3) is 0.462. The Labute approximate surface area is 111 Å². The number of carbonyl (C=O) groups is 1. The van der Waals surface area contributed by atoms with Crippen molar-refractivity contribution in [2.75, 3.05) is 13.1 Å². The molecule has 0 radical (unpaired) electrons. The van der Waals surface area contributed by atoms with Gasteiger partial charge in [0.25, 0.3) is 5.91 Å². The van der Waals surface area contributed by atoms with Crippen LogP contribution in [-0.4, -0.2) is 29.9 Å². The van der Waals surface area contributed by atoms with E-state index in [1.54, 1.807) is 4.90 Å². The molecule has 0 aromatic heterocycles. The van der Waals surface area contributed by atoms with E-state index < -0.39 is 5.82 Å². The second-order valence-corrected chi connectivity index (χ2v) is 4.94. The average Bonchev–Trinajstić information content (AvgIpc) is 2.40. The summed E-state index contributed by atoms with van der Waals surface area (Å²) >= 11 is 5.81. The summed E-state index contributed by atoms with van der Waals surface area (Å²) in [5.41, 5.74) is 5.69. The van der Waals surface area contributed by atoms with E-state index in [0.717, 1.165) is 19.3 Å². The van der Waals surface area contributed by atoms with Crippen LogP contribution in [0, 0.1) is 5.82 Å². The number of amides is 1. The molecule has 1 atom stereocenters. The standard InChI is InChI=1S/C13H16ClFN2O/c14-9-4-5-12(15)11(7-9)13(18)17-6-2-1-3-10(17)8-16/h4-5,7,10H,1-3,6,8,16H2/t10-/m1/s1. The number of hydrogen-bond acceptors (Lipinski definition) is 2. The summed E-state index contributed by atoms with van der Waals surface area (Å²) in [6, 6.07) is 4.03. The Bertz CT molecular complexity index is 453. The fourth-order valence-electron chi connectivity index (χ4n) is 2.33. The van der Waals surface area contributed by atoms with E-state index in [1.807, 2.05) is 0 Å². The van der Waals surface area contributed by atoms with Gasteiger partial charge in [-0.2, -0.15) is 0 Å².